The van der Waals surface area contributed by atoms with Gasteiger partial charge in [-0.2, -0.15) is 0 Å². The Labute approximate surface area is 194 Å². The Kier molecular flexibility index (Phi) is 6.42. The fourth-order valence-electron chi connectivity index (χ4n) is 2.89. The second-order valence-corrected chi connectivity index (χ2v) is 8.03. The molecule has 3 aromatic carbocycles. The van der Waals surface area contributed by atoms with Gasteiger partial charge < -0.3 is 10.6 Å². The van der Waals surface area contributed by atoms with Crippen molar-refractivity contribution in [3.8, 4) is 0 Å². The van der Waals surface area contributed by atoms with Gasteiger partial charge in [0.15, 0.2) is 0 Å². The summed E-state index contributed by atoms with van der Waals surface area (Å²) in [5.41, 5.74) is 3.81. The predicted octanol–water partition coefficient (Wildman–Crippen LogP) is 7.29. The van der Waals surface area contributed by atoms with Crippen molar-refractivity contribution in [1.29, 1.82) is 0 Å². The minimum Gasteiger partial charge on any atom is -0.354 e. The van der Waals surface area contributed by atoms with Crippen molar-refractivity contribution in [1.82, 2.24) is 0 Å². The largest absolute Gasteiger partial charge is 0.354 e. The van der Waals surface area contributed by atoms with E-state index < -0.39 is 0 Å². The first kappa shape index (κ1) is 21.2. The first-order valence-corrected chi connectivity index (χ1v) is 10.5. The lowest BCUT2D eigenvalue weighted by Gasteiger charge is -2.18. The Morgan fingerprint density at radius 1 is 0.581 bits per heavy atom. The maximum absolute atomic E-state index is 12.8. The van der Waals surface area contributed by atoms with Gasteiger partial charge in [0.05, 0.1) is 22.8 Å². The number of allylic oxidation sites excluding steroid dienone is 2. The molecule has 0 amide bonds. The normalized spacial score (nSPS) is 14.8. The van der Waals surface area contributed by atoms with Crippen LogP contribution in [0.2, 0.25) is 15.1 Å². The van der Waals surface area contributed by atoms with Gasteiger partial charge in [-0.15, -0.1) is 0 Å². The molecule has 2 N–H and O–H groups in total. The number of aliphatic imine (C=N–C) groups is 1. The molecule has 0 fully saturated rings. The highest BCUT2D eigenvalue weighted by molar-refractivity contribution is 6.31. The van der Waals surface area contributed by atoms with Crippen molar-refractivity contribution in [3.63, 3.8) is 0 Å². The first-order chi connectivity index (χ1) is 15.0. The minimum absolute atomic E-state index is 0.179. The summed E-state index contributed by atoms with van der Waals surface area (Å²) in [7, 11) is 0. The quantitative estimate of drug-likeness (QED) is 0.386. The van der Waals surface area contributed by atoms with Crippen molar-refractivity contribution in [3.05, 3.63) is 111 Å². The van der Waals surface area contributed by atoms with E-state index in [0.717, 1.165) is 11.4 Å². The molecule has 1 aliphatic rings. The van der Waals surface area contributed by atoms with E-state index in [2.05, 4.69) is 10.6 Å². The second kappa shape index (κ2) is 9.40. The molecule has 154 valence electrons. The number of anilines is 2. The molecule has 0 saturated heterocycles. The molecule has 0 spiro atoms. The molecule has 0 atom stereocenters. The molecular formula is C24H16Cl3N3O. The van der Waals surface area contributed by atoms with Crippen molar-refractivity contribution >= 4 is 63.4 Å². The minimum atomic E-state index is -0.179. The average Bonchev–Trinajstić information content (AvgIpc) is 2.76. The number of halogens is 3. The summed E-state index contributed by atoms with van der Waals surface area (Å²) < 4.78 is 0. The molecule has 0 heterocycles. The van der Waals surface area contributed by atoms with Gasteiger partial charge in [0.2, 0.25) is 5.78 Å². The Morgan fingerprint density at radius 2 is 1.03 bits per heavy atom. The molecule has 0 radical (unpaired) electrons. The van der Waals surface area contributed by atoms with Crippen LogP contribution in [0.25, 0.3) is 0 Å². The van der Waals surface area contributed by atoms with Gasteiger partial charge in [-0.25, -0.2) is 4.99 Å². The van der Waals surface area contributed by atoms with E-state index in [9.17, 15) is 4.79 Å². The third-order valence-electron chi connectivity index (χ3n) is 4.42. The van der Waals surface area contributed by atoms with Crippen LogP contribution in [0.5, 0.6) is 0 Å². The SMILES string of the molecule is O=C1C=C(Nc2ccc(Cl)cc2)C(=Nc2ccc(Cl)cc2)C=C1Nc1ccc(Cl)cc1. The van der Waals surface area contributed by atoms with Gasteiger partial charge in [0, 0.05) is 32.5 Å². The maximum Gasteiger partial charge on any atom is 0.204 e. The fourth-order valence-corrected chi connectivity index (χ4v) is 3.27. The molecule has 0 unspecified atom stereocenters. The number of hydrogen-bond donors (Lipinski definition) is 2. The topological polar surface area (TPSA) is 53.5 Å². The molecule has 31 heavy (non-hydrogen) atoms. The summed E-state index contributed by atoms with van der Waals surface area (Å²) >= 11 is 17.9. The first-order valence-electron chi connectivity index (χ1n) is 9.34. The van der Waals surface area contributed by atoms with Crippen LogP contribution in [-0.2, 0) is 4.79 Å². The van der Waals surface area contributed by atoms with Crippen LogP contribution >= 0.6 is 34.8 Å². The predicted molar refractivity (Wildman–Crippen MR) is 130 cm³/mol. The van der Waals surface area contributed by atoms with E-state index >= 15 is 0 Å². The number of benzene rings is 3. The van der Waals surface area contributed by atoms with Crippen molar-refractivity contribution in [2.24, 2.45) is 4.99 Å². The summed E-state index contributed by atoms with van der Waals surface area (Å²) in [6.07, 6.45) is 3.23. The van der Waals surface area contributed by atoms with E-state index in [-0.39, 0.29) is 5.78 Å². The monoisotopic (exact) mass is 467 g/mol. The zero-order chi connectivity index (χ0) is 21.8. The highest BCUT2D eigenvalue weighted by atomic mass is 35.5. The van der Waals surface area contributed by atoms with Crippen LogP contribution in [-0.4, -0.2) is 11.5 Å². The van der Waals surface area contributed by atoms with Crippen LogP contribution in [0.15, 0.2) is 101 Å². The van der Waals surface area contributed by atoms with Crippen LogP contribution < -0.4 is 10.6 Å². The Morgan fingerprint density at radius 3 is 1.55 bits per heavy atom. The Balaban J connectivity index is 1.68. The smallest absolute Gasteiger partial charge is 0.204 e. The second-order valence-electron chi connectivity index (χ2n) is 6.72. The van der Waals surface area contributed by atoms with E-state index in [4.69, 9.17) is 39.8 Å². The Bertz CT molecular complexity index is 1200. The average molecular weight is 469 g/mol. The summed E-state index contributed by atoms with van der Waals surface area (Å²) in [4.78, 5) is 17.5. The number of nitrogens with one attached hydrogen (secondary N) is 2. The van der Waals surface area contributed by atoms with Gasteiger partial charge >= 0.3 is 0 Å². The lowest BCUT2D eigenvalue weighted by molar-refractivity contribution is -0.111. The van der Waals surface area contributed by atoms with Gasteiger partial charge in [-0.05, 0) is 78.9 Å². The molecule has 1 aliphatic carbocycles. The highest BCUT2D eigenvalue weighted by Crippen LogP contribution is 2.24. The lowest BCUT2D eigenvalue weighted by atomic mass is 10.0. The Hall–Kier alpha value is -3.05. The van der Waals surface area contributed by atoms with Crippen molar-refractivity contribution < 1.29 is 4.79 Å². The van der Waals surface area contributed by atoms with Crippen LogP contribution in [0.1, 0.15) is 0 Å². The number of ketones is 1. The van der Waals surface area contributed by atoms with Gasteiger partial charge in [-0.3, -0.25) is 4.79 Å². The van der Waals surface area contributed by atoms with E-state index in [0.29, 0.717) is 37.9 Å². The van der Waals surface area contributed by atoms with Crippen molar-refractivity contribution in [2.45, 2.75) is 0 Å². The molecular weight excluding hydrogens is 453 g/mol. The van der Waals surface area contributed by atoms with Gasteiger partial charge in [0.1, 0.15) is 0 Å². The molecule has 3 aromatic rings. The third kappa shape index (κ3) is 5.56. The maximum atomic E-state index is 12.8. The van der Waals surface area contributed by atoms with Crippen LogP contribution in [0.4, 0.5) is 17.1 Å². The summed E-state index contributed by atoms with van der Waals surface area (Å²) in [5.74, 6) is -0.179. The van der Waals surface area contributed by atoms with E-state index in [1.165, 1.54) is 6.08 Å². The molecule has 0 saturated carbocycles. The fraction of sp³-hybridized carbons (Fsp3) is 0. The molecule has 4 nitrogen and oxygen atoms in total. The number of hydrogen-bond acceptors (Lipinski definition) is 4. The zero-order valence-electron chi connectivity index (χ0n) is 16.1. The number of carbonyl (C=O) groups is 1. The van der Waals surface area contributed by atoms with Gasteiger partial charge in [-0.1, -0.05) is 34.8 Å². The van der Waals surface area contributed by atoms with E-state index in [1.54, 1.807) is 54.6 Å². The number of nitrogens with zero attached hydrogens (tertiary/aromatic N) is 1. The standard InChI is InChI=1S/C24H16Cl3N3O/c25-15-1-7-18(8-2-15)28-21-13-23(30-20-11-5-17(27)6-12-20)24(31)14-22(21)29-19-9-3-16(26)4-10-19/h1-14,29-30H. The highest BCUT2D eigenvalue weighted by Gasteiger charge is 2.20. The summed E-state index contributed by atoms with van der Waals surface area (Å²) in [6.45, 7) is 0. The third-order valence-corrected chi connectivity index (χ3v) is 5.18. The molecule has 4 rings (SSSR count). The molecule has 0 bridgehead atoms. The number of rotatable bonds is 5. The van der Waals surface area contributed by atoms with Crippen LogP contribution in [0.3, 0.4) is 0 Å². The molecule has 0 aliphatic heterocycles. The van der Waals surface area contributed by atoms with Crippen LogP contribution in [0, 0.1) is 0 Å². The zero-order valence-corrected chi connectivity index (χ0v) is 18.3. The lowest BCUT2D eigenvalue weighted by Crippen LogP contribution is -2.22. The van der Waals surface area contributed by atoms with Crippen molar-refractivity contribution in [2.75, 3.05) is 10.6 Å². The molecule has 7 heteroatoms. The van der Waals surface area contributed by atoms with Gasteiger partial charge in [0.25, 0.3) is 0 Å². The molecule has 0 aromatic heterocycles. The number of carbonyl (C=O) groups excluding carboxylic acids is 1. The van der Waals surface area contributed by atoms with E-state index in [1.807, 2.05) is 24.3 Å². The summed E-state index contributed by atoms with van der Waals surface area (Å²) in [6, 6.07) is 21.5. The summed E-state index contributed by atoms with van der Waals surface area (Å²) in [5, 5.41) is 8.25.